The Kier molecular flexibility index (Phi) is 11.4. The van der Waals surface area contributed by atoms with Crippen LogP contribution in [0.2, 0.25) is 18.1 Å². The molecule has 2 aromatic carbocycles. The maximum absolute atomic E-state index is 15.5. The van der Waals surface area contributed by atoms with E-state index in [2.05, 4.69) is 131 Å². The molecule has 9 atom stereocenters. The summed E-state index contributed by atoms with van der Waals surface area (Å²) >= 11 is 0. The van der Waals surface area contributed by atoms with Gasteiger partial charge in [-0.3, -0.25) is 14.4 Å². The van der Waals surface area contributed by atoms with Gasteiger partial charge in [0.2, 0.25) is 5.78 Å². The molecule has 59 heavy (non-hydrogen) atoms. The van der Waals surface area contributed by atoms with E-state index >= 15 is 9.59 Å². The zero-order valence-electron chi connectivity index (χ0n) is 38.1. The number of esters is 2. The first kappa shape index (κ1) is 43.8. The maximum atomic E-state index is 15.5. The Morgan fingerprint density at radius 3 is 1.61 bits per heavy atom. The number of benzene rings is 2. The van der Waals surface area contributed by atoms with Gasteiger partial charge in [0.15, 0.2) is 5.41 Å². The number of rotatable bonds is 10. The van der Waals surface area contributed by atoms with Crippen molar-refractivity contribution < 1.29 is 33.0 Å². The SMILES string of the molecule is C[C@@H]1CC[C@@H](C(C)(C)c2ccccc2)[C@H](OC(=O)C2(C(=O)O[C@@H]3C[C@H](C)CC[C@H]3C(C)(C)c3ccccc3)C[C@@]3(C)C[C@H]4O[C@@]3(C=C(O[Si](C)(C)C(C)(C)C)C4=O)C2)C1. The highest BCUT2D eigenvalue weighted by atomic mass is 28.4. The lowest BCUT2D eigenvalue weighted by atomic mass is 9.64. The van der Waals surface area contributed by atoms with Crippen molar-refractivity contribution in [2.75, 3.05) is 0 Å². The second-order valence-electron chi connectivity index (χ2n) is 22.5. The lowest BCUT2D eigenvalue weighted by Gasteiger charge is -2.46. The Hall–Kier alpha value is -3.23. The highest BCUT2D eigenvalue weighted by Crippen LogP contribution is 2.67. The molecule has 2 bridgehead atoms. The van der Waals surface area contributed by atoms with Gasteiger partial charge >= 0.3 is 11.9 Å². The summed E-state index contributed by atoms with van der Waals surface area (Å²) in [5.41, 5.74) is -1.56. The fourth-order valence-electron chi connectivity index (χ4n) is 11.6. The van der Waals surface area contributed by atoms with Gasteiger partial charge in [-0.05, 0) is 96.5 Å². The van der Waals surface area contributed by atoms with E-state index in [4.69, 9.17) is 18.6 Å². The van der Waals surface area contributed by atoms with Crippen molar-refractivity contribution in [2.45, 2.75) is 180 Å². The summed E-state index contributed by atoms with van der Waals surface area (Å²) < 4.78 is 27.3. The van der Waals surface area contributed by atoms with Crippen LogP contribution in [-0.2, 0) is 43.9 Å². The van der Waals surface area contributed by atoms with Gasteiger partial charge in [0.25, 0.3) is 8.32 Å². The van der Waals surface area contributed by atoms with Crippen molar-refractivity contribution in [3.8, 4) is 0 Å². The monoisotopic (exact) mass is 825 g/mol. The Labute approximate surface area is 355 Å². The second kappa shape index (κ2) is 15.3. The summed E-state index contributed by atoms with van der Waals surface area (Å²) in [6.45, 7) is 26.3. The summed E-state index contributed by atoms with van der Waals surface area (Å²) in [5.74, 6) is 0.00572. The van der Waals surface area contributed by atoms with Crippen molar-refractivity contribution in [3.05, 3.63) is 83.6 Å². The molecule has 5 aliphatic rings. The van der Waals surface area contributed by atoms with E-state index in [0.717, 1.165) is 38.5 Å². The van der Waals surface area contributed by atoms with Gasteiger partial charge in [-0.15, -0.1) is 0 Å². The molecule has 2 heterocycles. The van der Waals surface area contributed by atoms with Gasteiger partial charge in [-0.2, -0.15) is 0 Å². The average molecular weight is 825 g/mol. The van der Waals surface area contributed by atoms with E-state index < -0.39 is 42.8 Å². The number of hydrogen-bond acceptors (Lipinski definition) is 7. The van der Waals surface area contributed by atoms with Crippen LogP contribution >= 0.6 is 0 Å². The van der Waals surface area contributed by atoms with Gasteiger partial charge in [0.1, 0.15) is 24.1 Å². The fraction of sp³-hybridized carbons (Fsp3) is 0.667. The molecule has 0 aromatic heterocycles. The number of fused-ring (bicyclic) bond motifs is 1. The summed E-state index contributed by atoms with van der Waals surface area (Å²) in [6, 6.07) is 21.0. The third kappa shape index (κ3) is 7.70. The average Bonchev–Trinajstić information content (AvgIpc) is 3.55. The van der Waals surface area contributed by atoms with Crippen LogP contribution in [0.15, 0.2) is 72.5 Å². The minimum absolute atomic E-state index is 0.0480. The van der Waals surface area contributed by atoms with E-state index in [9.17, 15) is 4.79 Å². The van der Waals surface area contributed by atoms with Crippen LogP contribution < -0.4 is 0 Å². The van der Waals surface area contributed by atoms with Crippen molar-refractivity contribution in [1.82, 2.24) is 0 Å². The molecular formula is C51H72O7Si. The Bertz CT molecular complexity index is 1840. The Morgan fingerprint density at radius 1 is 0.712 bits per heavy atom. The molecule has 3 saturated carbocycles. The van der Waals surface area contributed by atoms with Gasteiger partial charge in [-0.25, -0.2) is 0 Å². The molecular weight excluding hydrogens is 753 g/mol. The zero-order valence-corrected chi connectivity index (χ0v) is 39.1. The fourth-order valence-corrected chi connectivity index (χ4v) is 12.6. The van der Waals surface area contributed by atoms with Gasteiger partial charge in [0, 0.05) is 23.7 Å². The van der Waals surface area contributed by atoms with Crippen LogP contribution in [0.25, 0.3) is 0 Å². The quantitative estimate of drug-likeness (QED) is 0.134. The third-order valence-electron chi connectivity index (χ3n) is 16.6. The highest BCUT2D eigenvalue weighted by Gasteiger charge is 2.74. The molecule has 7 nitrogen and oxygen atoms in total. The predicted molar refractivity (Wildman–Crippen MR) is 235 cm³/mol. The molecule has 4 fully saturated rings. The second-order valence-corrected chi connectivity index (χ2v) is 27.3. The predicted octanol–water partition coefficient (Wildman–Crippen LogP) is 11.4. The smallest absolute Gasteiger partial charge is 0.323 e. The normalized spacial score (nSPS) is 33.5. The molecule has 1 spiro atoms. The van der Waals surface area contributed by atoms with Gasteiger partial charge < -0.3 is 18.6 Å². The topological polar surface area (TPSA) is 88.1 Å². The molecule has 8 heteroatoms. The van der Waals surface area contributed by atoms with E-state index in [-0.39, 0.29) is 58.5 Å². The number of ketones is 1. The number of carbonyl (C=O) groups excluding carboxylic acids is 3. The zero-order chi connectivity index (χ0) is 43.0. The Morgan fingerprint density at radius 2 is 1.17 bits per heavy atom. The largest absolute Gasteiger partial charge is 0.541 e. The Balaban J connectivity index is 1.28. The molecule has 3 aliphatic carbocycles. The van der Waals surface area contributed by atoms with Crippen LogP contribution in [-0.4, -0.2) is 50.0 Å². The van der Waals surface area contributed by atoms with Crippen LogP contribution in [0.4, 0.5) is 0 Å². The van der Waals surface area contributed by atoms with Crippen molar-refractivity contribution in [1.29, 1.82) is 0 Å². The summed E-state index contributed by atoms with van der Waals surface area (Å²) in [4.78, 5) is 45.1. The van der Waals surface area contributed by atoms with Crippen LogP contribution in [0.5, 0.6) is 0 Å². The number of Topliss-reactive ketones (excluding diaryl/α,β-unsaturated/α-hetero) is 1. The minimum atomic E-state index is -2.42. The minimum Gasteiger partial charge on any atom is -0.541 e. The molecule has 0 N–H and O–H groups in total. The van der Waals surface area contributed by atoms with E-state index in [0.29, 0.717) is 24.0 Å². The van der Waals surface area contributed by atoms with Gasteiger partial charge in [-0.1, -0.05) is 143 Å². The molecule has 7 rings (SSSR count). The lowest BCUT2D eigenvalue weighted by molar-refractivity contribution is -0.188. The number of ether oxygens (including phenoxy) is 3. The molecule has 0 radical (unpaired) electrons. The third-order valence-corrected chi connectivity index (χ3v) is 21.0. The van der Waals surface area contributed by atoms with E-state index in [1.54, 1.807) is 0 Å². The molecule has 2 aromatic rings. The molecule has 322 valence electrons. The summed E-state index contributed by atoms with van der Waals surface area (Å²) in [6.07, 6.45) is 6.40. The first-order valence-electron chi connectivity index (χ1n) is 22.6. The summed E-state index contributed by atoms with van der Waals surface area (Å²) in [7, 11) is -2.42. The molecule has 2 aliphatic heterocycles. The van der Waals surface area contributed by atoms with Crippen molar-refractivity contribution >= 4 is 26.0 Å². The first-order valence-corrected chi connectivity index (χ1v) is 25.5. The van der Waals surface area contributed by atoms with Crippen LogP contribution in [0.3, 0.4) is 0 Å². The van der Waals surface area contributed by atoms with Crippen LogP contribution in [0, 0.1) is 34.5 Å². The summed E-state index contributed by atoms with van der Waals surface area (Å²) in [5, 5.41) is -0.137. The standard InChI is InChI=1S/C51H72O7Si/c1-33-23-25-37(47(6,7)35-19-15-13-16-20-35)39(27-33)55-44(53)50(45(54)56-40-28-34(2)24-26-38(40)48(8,9)36-21-17-14-18-22-36)31-49(10)29-41-43(52)42(30-51(49,32-50)57-41)58-59(11,12)46(3,4)5/h13-22,30,33-34,37-41H,23-29,31-32H2,1-12H3/t33-,34-,37-,38-,39-,40-,41-,49-,51+/m1/s1. The number of hydrogen-bond donors (Lipinski definition) is 0. The highest BCUT2D eigenvalue weighted by molar-refractivity contribution is 6.74. The van der Waals surface area contributed by atoms with E-state index in [1.807, 2.05) is 18.2 Å². The maximum Gasteiger partial charge on any atom is 0.323 e. The number of carbonyl (C=O) groups is 3. The van der Waals surface area contributed by atoms with Crippen LogP contribution in [0.1, 0.15) is 138 Å². The molecule has 0 unspecified atom stereocenters. The lowest BCUT2D eigenvalue weighted by Crippen LogP contribution is -2.51. The van der Waals surface area contributed by atoms with Crippen molar-refractivity contribution in [3.63, 3.8) is 0 Å². The van der Waals surface area contributed by atoms with Crippen molar-refractivity contribution in [2.24, 2.45) is 34.5 Å². The molecule has 1 saturated heterocycles. The van der Waals surface area contributed by atoms with E-state index in [1.165, 1.54) is 11.1 Å². The first-order chi connectivity index (χ1) is 27.4. The van der Waals surface area contributed by atoms with Gasteiger partial charge in [0.05, 0.1) is 5.60 Å². The molecule has 0 amide bonds.